The average Bonchev–Trinajstić information content (AvgIpc) is 2.90. The van der Waals surface area contributed by atoms with Crippen LogP contribution in [-0.2, 0) is 0 Å². The zero-order valence-corrected chi connectivity index (χ0v) is 19.7. The third-order valence-corrected chi connectivity index (χ3v) is 5.36. The zero-order valence-electron chi connectivity index (χ0n) is 19.7. The summed E-state index contributed by atoms with van der Waals surface area (Å²) in [5.41, 5.74) is 4.43. The molecule has 0 atom stereocenters. The number of carbonyl (C=O) groups is 1. The molecule has 1 amide bonds. The average molecular weight is 493 g/mol. The highest BCUT2D eigenvalue weighted by molar-refractivity contribution is 5.92. The Morgan fingerprint density at radius 3 is 2.56 bits per heavy atom. The summed E-state index contributed by atoms with van der Waals surface area (Å²) in [6.45, 7) is 2.89. The van der Waals surface area contributed by atoms with E-state index in [2.05, 4.69) is 30.2 Å². The number of carbonyl (C=O) groups excluding carboxylic acids is 1. The number of benzene rings is 1. The molecule has 186 valence electrons. The molecule has 3 aromatic heterocycles. The van der Waals surface area contributed by atoms with Crippen molar-refractivity contribution in [3.63, 3.8) is 0 Å². The van der Waals surface area contributed by atoms with Gasteiger partial charge in [0.1, 0.15) is 17.6 Å². The number of nitrogens with zero attached hydrogens (tertiary/aromatic N) is 5. The molecule has 36 heavy (non-hydrogen) atoms. The van der Waals surface area contributed by atoms with E-state index in [1.54, 1.807) is 6.20 Å². The van der Waals surface area contributed by atoms with Gasteiger partial charge in [-0.3, -0.25) is 10.0 Å². The van der Waals surface area contributed by atoms with Gasteiger partial charge in [0.25, 0.3) is 5.91 Å². The Morgan fingerprint density at radius 1 is 1.03 bits per heavy atom. The second-order valence-electron chi connectivity index (χ2n) is 7.76. The van der Waals surface area contributed by atoms with Gasteiger partial charge in [-0.05, 0) is 43.5 Å². The van der Waals surface area contributed by atoms with E-state index in [-0.39, 0.29) is 11.4 Å². The Labute approximate surface area is 205 Å². The third kappa shape index (κ3) is 5.61. The standard InChI is InChI=1S/C24H24FN7O4/c1-14-18-7-15(16-8-19(25)23(35-2)27-10-16)9-20(21(18)31-13-30-14)36-6-4-3-5-26-24-28-11-17(12-29-24)22(33)32-34/h7-13,34H,3-6H2,1-2H3,(H,32,33)(H,26,28,29). The summed E-state index contributed by atoms with van der Waals surface area (Å²) in [6, 6.07) is 5.07. The molecule has 0 aliphatic carbocycles. The molecule has 0 aliphatic rings. The number of rotatable bonds is 10. The highest BCUT2D eigenvalue weighted by Crippen LogP contribution is 2.33. The van der Waals surface area contributed by atoms with E-state index >= 15 is 0 Å². The first-order valence-electron chi connectivity index (χ1n) is 11.1. The summed E-state index contributed by atoms with van der Waals surface area (Å²) < 4.78 is 25.2. The fourth-order valence-corrected chi connectivity index (χ4v) is 3.48. The molecule has 0 unspecified atom stereocenters. The van der Waals surface area contributed by atoms with Gasteiger partial charge in [-0.15, -0.1) is 0 Å². The lowest BCUT2D eigenvalue weighted by Crippen LogP contribution is -2.19. The minimum absolute atomic E-state index is 0.0684. The maximum atomic E-state index is 14.3. The molecule has 12 heteroatoms. The van der Waals surface area contributed by atoms with Crippen LogP contribution in [0.2, 0.25) is 0 Å². The van der Waals surface area contributed by atoms with E-state index in [1.165, 1.54) is 37.4 Å². The van der Waals surface area contributed by atoms with Gasteiger partial charge in [0.2, 0.25) is 11.8 Å². The van der Waals surface area contributed by atoms with Crippen LogP contribution in [0.5, 0.6) is 11.6 Å². The molecule has 0 saturated carbocycles. The quantitative estimate of drug-likeness (QED) is 0.171. The van der Waals surface area contributed by atoms with Gasteiger partial charge in [0.15, 0.2) is 5.82 Å². The van der Waals surface area contributed by atoms with Crippen molar-refractivity contribution in [1.29, 1.82) is 0 Å². The fraction of sp³-hybridized carbons (Fsp3) is 0.250. The minimum Gasteiger partial charge on any atom is -0.491 e. The van der Waals surface area contributed by atoms with Gasteiger partial charge in [0.05, 0.1) is 19.3 Å². The molecule has 0 bridgehead atoms. The van der Waals surface area contributed by atoms with Gasteiger partial charge in [-0.2, -0.15) is 0 Å². The van der Waals surface area contributed by atoms with Crippen LogP contribution >= 0.6 is 0 Å². The summed E-state index contributed by atoms with van der Waals surface area (Å²) >= 11 is 0. The number of fused-ring (bicyclic) bond motifs is 1. The molecule has 1 aromatic carbocycles. The minimum atomic E-state index is -0.677. The molecule has 0 spiro atoms. The van der Waals surface area contributed by atoms with Crippen LogP contribution in [0.15, 0.2) is 43.1 Å². The van der Waals surface area contributed by atoms with Crippen molar-refractivity contribution in [2.75, 3.05) is 25.6 Å². The van der Waals surface area contributed by atoms with Crippen LogP contribution in [-0.4, -0.2) is 56.3 Å². The summed E-state index contributed by atoms with van der Waals surface area (Å²) in [5, 5.41) is 12.5. The van der Waals surface area contributed by atoms with Crippen molar-refractivity contribution < 1.29 is 23.9 Å². The maximum absolute atomic E-state index is 14.3. The van der Waals surface area contributed by atoms with E-state index in [0.29, 0.717) is 35.9 Å². The smallest absolute Gasteiger partial charge is 0.277 e. The third-order valence-electron chi connectivity index (χ3n) is 5.36. The van der Waals surface area contributed by atoms with Crippen LogP contribution in [0.4, 0.5) is 10.3 Å². The Bertz CT molecular complexity index is 1370. The zero-order chi connectivity index (χ0) is 25.5. The van der Waals surface area contributed by atoms with Crippen molar-refractivity contribution in [2.45, 2.75) is 19.8 Å². The number of hydrogen-bond acceptors (Lipinski definition) is 10. The van der Waals surface area contributed by atoms with E-state index in [9.17, 15) is 9.18 Å². The number of unbranched alkanes of at least 4 members (excludes halogenated alkanes) is 1. The summed E-state index contributed by atoms with van der Waals surface area (Å²) in [6.07, 6.45) is 7.15. The Morgan fingerprint density at radius 2 is 1.83 bits per heavy atom. The number of amides is 1. The largest absolute Gasteiger partial charge is 0.491 e. The molecule has 4 rings (SSSR count). The monoisotopic (exact) mass is 493 g/mol. The number of hydrogen-bond donors (Lipinski definition) is 3. The summed E-state index contributed by atoms with van der Waals surface area (Å²) in [5.74, 6) is -0.360. The fourth-order valence-electron chi connectivity index (χ4n) is 3.48. The van der Waals surface area contributed by atoms with Crippen molar-refractivity contribution in [3.8, 4) is 22.8 Å². The van der Waals surface area contributed by atoms with Gasteiger partial charge in [-0.1, -0.05) is 0 Å². The second-order valence-corrected chi connectivity index (χ2v) is 7.76. The highest BCUT2D eigenvalue weighted by atomic mass is 19.1. The Kier molecular flexibility index (Phi) is 7.75. The predicted molar refractivity (Wildman–Crippen MR) is 129 cm³/mol. The van der Waals surface area contributed by atoms with E-state index in [0.717, 1.165) is 29.5 Å². The number of methoxy groups -OCH3 is 1. The number of aryl methyl sites for hydroxylation is 1. The summed E-state index contributed by atoms with van der Waals surface area (Å²) in [4.78, 5) is 32.0. The van der Waals surface area contributed by atoms with Gasteiger partial charge in [-0.25, -0.2) is 34.8 Å². The Hall–Kier alpha value is -4.45. The van der Waals surface area contributed by atoms with Crippen LogP contribution in [0.25, 0.3) is 22.0 Å². The number of nitrogens with one attached hydrogen (secondary N) is 2. The van der Waals surface area contributed by atoms with E-state index < -0.39 is 11.7 Å². The maximum Gasteiger partial charge on any atom is 0.277 e. The number of pyridine rings is 1. The number of aromatic nitrogens is 5. The lowest BCUT2D eigenvalue weighted by Gasteiger charge is -2.13. The lowest BCUT2D eigenvalue weighted by molar-refractivity contribution is 0.0705. The van der Waals surface area contributed by atoms with Crippen molar-refractivity contribution in [3.05, 3.63) is 60.2 Å². The lowest BCUT2D eigenvalue weighted by atomic mass is 10.0. The first-order chi connectivity index (χ1) is 17.5. The van der Waals surface area contributed by atoms with Crippen LogP contribution in [0.1, 0.15) is 28.9 Å². The molecular formula is C24H24FN7O4. The highest BCUT2D eigenvalue weighted by Gasteiger charge is 2.13. The van der Waals surface area contributed by atoms with E-state index in [4.69, 9.17) is 14.7 Å². The summed E-state index contributed by atoms with van der Waals surface area (Å²) in [7, 11) is 1.37. The van der Waals surface area contributed by atoms with Crippen molar-refractivity contribution >= 4 is 22.8 Å². The van der Waals surface area contributed by atoms with Crippen LogP contribution in [0, 0.1) is 12.7 Å². The number of halogens is 1. The molecule has 4 aromatic rings. The number of hydroxylamine groups is 1. The first-order valence-corrected chi connectivity index (χ1v) is 11.1. The first kappa shape index (κ1) is 24.7. The van der Waals surface area contributed by atoms with Crippen LogP contribution in [0.3, 0.4) is 0 Å². The van der Waals surface area contributed by atoms with E-state index in [1.807, 2.05) is 19.1 Å². The predicted octanol–water partition coefficient (Wildman–Crippen LogP) is 3.33. The topological polar surface area (TPSA) is 144 Å². The number of ether oxygens (including phenoxy) is 2. The molecule has 0 fully saturated rings. The second kappa shape index (κ2) is 11.3. The molecule has 11 nitrogen and oxygen atoms in total. The SMILES string of the molecule is COc1ncc(-c2cc(OCCCCNc3ncc(C(=O)NO)cn3)c3ncnc(C)c3c2)cc1F. The Balaban J connectivity index is 1.40. The number of anilines is 1. The molecular weight excluding hydrogens is 469 g/mol. The molecule has 3 heterocycles. The van der Waals surface area contributed by atoms with Crippen molar-refractivity contribution in [2.24, 2.45) is 0 Å². The molecule has 0 aliphatic heterocycles. The molecule has 0 saturated heterocycles. The van der Waals surface area contributed by atoms with Crippen LogP contribution < -0.4 is 20.3 Å². The van der Waals surface area contributed by atoms with Crippen molar-refractivity contribution in [1.82, 2.24) is 30.4 Å². The van der Waals surface area contributed by atoms with Gasteiger partial charge >= 0.3 is 0 Å². The van der Waals surface area contributed by atoms with Gasteiger partial charge < -0.3 is 14.8 Å². The molecule has 0 radical (unpaired) electrons. The van der Waals surface area contributed by atoms with Gasteiger partial charge in [0, 0.05) is 41.8 Å². The molecule has 3 N–H and O–H groups in total. The normalized spacial score (nSPS) is 10.8.